The Labute approximate surface area is 103 Å². The summed E-state index contributed by atoms with van der Waals surface area (Å²) in [5.41, 5.74) is -3.17. The number of halogens is 4. The Balaban J connectivity index is 2.73. The van der Waals surface area contributed by atoms with E-state index in [1.54, 1.807) is 0 Å². The second-order valence-corrected chi connectivity index (χ2v) is 3.59. The molecule has 2 aromatic rings. The second kappa shape index (κ2) is 4.38. The van der Waals surface area contributed by atoms with Crippen molar-refractivity contribution in [3.05, 3.63) is 52.0 Å². The van der Waals surface area contributed by atoms with Crippen LogP contribution in [-0.4, -0.2) is 4.92 Å². The molecule has 0 spiro atoms. The minimum absolute atomic E-state index is 0.155. The van der Waals surface area contributed by atoms with Gasteiger partial charge in [0.05, 0.1) is 22.3 Å². The molecule has 0 saturated heterocycles. The van der Waals surface area contributed by atoms with E-state index < -0.39 is 33.7 Å². The first-order valence-corrected chi connectivity index (χ1v) is 4.89. The van der Waals surface area contributed by atoms with Gasteiger partial charge in [-0.3, -0.25) is 10.1 Å². The average molecular weight is 275 g/mol. The third kappa shape index (κ3) is 2.42. The lowest BCUT2D eigenvalue weighted by molar-refractivity contribution is -0.387. The Hall–Kier alpha value is -2.38. The molecule has 4 nitrogen and oxygen atoms in total. The van der Waals surface area contributed by atoms with Crippen LogP contribution < -0.4 is 0 Å². The molecule has 0 aliphatic rings. The zero-order chi connectivity index (χ0) is 14.2. The van der Waals surface area contributed by atoms with Gasteiger partial charge in [-0.2, -0.15) is 17.6 Å². The van der Waals surface area contributed by atoms with Gasteiger partial charge >= 0.3 is 11.9 Å². The fourth-order valence-electron chi connectivity index (χ4n) is 1.52. The summed E-state index contributed by atoms with van der Waals surface area (Å²) < 4.78 is 56.4. The molecule has 0 amide bonds. The quantitative estimate of drug-likeness (QED) is 0.472. The summed E-state index contributed by atoms with van der Waals surface area (Å²) in [4.78, 5) is 9.38. The molecule has 1 heterocycles. The molecule has 1 aromatic carbocycles. The fourth-order valence-corrected chi connectivity index (χ4v) is 1.52. The van der Waals surface area contributed by atoms with Crippen LogP contribution in [0.25, 0.3) is 11.3 Å². The zero-order valence-corrected chi connectivity index (χ0v) is 9.07. The van der Waals surface area contributed by atoms with Crippen LogP contribution in [-0.2, 0) is 6.18 Å². The molecule has 0 atom stereocenters. The van der Waals surface area contributed by atoms with Crippen LogP contribution in [0, 0.1) is 15.9 Å². The lowest BCUT2D eigenvalue weighted by Gasteiger charge is -2.09. The highest BCUT2D eigenvalue weighted by Crippen LogP contribution is 2.37. The van der Waals surface area contributed by atoms with Crippen LogP contribution in [0.2, 0.25) is 0 Å². The minimum Gasteiger partial charge on any atom is -0.464 e. The van der Waals surface area contributed by atoms with Crippen LogP contribution in [0.4, 0.5) is 23.2 Å². The van der Waals surface area contributed by atoms with E-state index in [4.69, 9.17) is 4.42 Å². The van der Waals surface area contributed by atoms with Gasteiger partial charge < -0.3 is 4.42 Å². The number of rotatable bonds is 2. The maximum absolute atomic E-state index is 13.8. The van der Waals surface area contributed by atoms with Gasteiger partial charge in [-0.15, -0.1) is 0 Å². The fraction of sp³-hybridized carbons (Fsp3) is 0.0909. The maximum Gasteiger partial charge on any atom is 0.416 e. The lowest BCUT2D eigenvalue weighted by atomic mass is 10.1. The molecule has 0 fully saturated rings. The zero-order valence-electron chi connectivity index (χ0n) is 9.07. The van der Waals surface area contributed by atoms with E-state index in [1.807, 2.05) is 0 Å². The van der Waals surface area contributed by atoms with E-state index in [1.165, 1.54) is 12.1 Å². The molecule has 2 rings (SSSR count). The Morgan fingerprint density at radius 3 is 2.42 bits per heavy atom. The molecule has 8 heteroatoms. The monoisotopic (exact) mass is 275 g/mol. The van der Waals surface area contributed by atoms with E-state index in [2.05, 4.69) is 0 Å². The van der Waals surface area contributed by atoms with Crippen LogP contribution >= 0.6 is 0 Å². The number of benzene rings is 1. The Bertz CT molecular complexity index is 620. The summed E-state index contributed by atoms with van der Waals surface area (Å²) >= 11 is 0. The normalized spacial score (nSPS) is 11.6. The molecule has 0 aliphatic heterocycles. The van der Waals surface area contributed by atoms with Gasteiger partial charge in [-0.25, -0.2) is 0 Å². The van der Waals surface area contributed by atoms with Crippen LogP contribution in [0.15, 0.2) is 34.9 Å². The summed E-state index contributed by atoms with van der Waals surface area (Å²) in [6, 6.07) is 3.17. The average Bonchev–Trinajstić information content (AvgIpc) is 2.80. The van der Waals surface area contributed by atoms with Crippen molar-refractivity contribution in [1.82, 2.24) is 0 Å². The predicted octanol–water partition coefficient (Wildman–Crippen LogP) is 4.01. The molecule has 19 heavy (non-hydrogen) atoms. The molecular weight excluding hydrogens is 270 g/mol. The molecule has 1 aromatic heterocycles. The first kappa shape index (κ1) is 13.1. The summed E-state index contributed by atoms with van der Waals surface area (Å²) in [6.45, 7) is 0. The first-order valence-electron chi connectivity index (χ1n) is 4.89. The highest BCUT2D eigenvalue weighted by Gasteiger charge is 2.35. The lowest BCUT2D eigenvalue weighted by Crippen LogP contribution is -2.07. The molecule has 0 unspecified atom stereocenters. The highest BCUT2D eigenvalue weighted by atomic mass is 19.4. The molecule has 100 valence electrons. The topological polar surface area (TPSA) is 56.3 Å². The Morgan fingerprint density at radius 2 is 1.95 bits per heavy atom. The summed E-state index contributed by atoms with van der Waals surface area (Å²) in [6.07, 6.45) is -3.69. The number of hydrogen-bond acceptors (Lipinski definition) is 3. The summed E-state index contributed by atoms with van der Waals surface area (Å²) in [7, 11) is 0. The van der Waals surface area contributed by atoms with Crippen molar-refractivity contribution in [3.8, 4) is 11.3 Å². The number of alkyl halides is 3. The van der Waals surface area contributed by atoms with Gasteiger partial charge in [0.1, 0.15) is 5.76 Å². The van der Waals surface area contributed by atoms with Crippen LogP contribution in [0.3, 0.4) is 0 Å². The summed E-state index contributed by atoms with van der Waals surface area (Å²) in [5, 5.41) is 10.6. The van der Waals surface area contributed by atoms with E-state index in [-0.39, 0.29) is 11.8 Å². The smallest absolute Gasteiger partial charge is 0.416 e. The minimum atomic E-state index is -4.82. The summed E-state index contributed by atoms with van der Waals surface area (Å²) in [5.74, 6) is -1.58. The van der Waals surface area contributed by atoms with Gasteiger partial charge in [0, 0.05) is 6.07 Å². The van der Waals surface area contributed by atoms with Gasteiger partial charge in [-0.1, -0.05) is 0 Å². The third-order valence-electron chi connectivity index (χ3n) is 2.36. The first-order chi connectivity index (χ1) is 8.80. The number of nitro groups is 1. The largest absolute Gasteiger partial charge is 0.464 e. The third-order valence-corrected chi connectivity index (χ3v) is 2.36. The van der Waals surface area contributed by atoms with E-state index in [0.29, 0.717) is 6.07 Å². The highest BCUT2D eigenvalue weighted by molar-refractivity contribution is 5.64. The molecule has 0 saturated carbocycles. The van der Waals surface area contributed by atoms with Crippen molar-refractivity contribution in [1.29, 1.82) is 0 Å². The maximum atomic E-state index is 13.8. The van der Waals surface area contributed by atoms with Crippen molar-refractivity contribution in [2.45, 2.75) is 6.18 Å². The van der Waals surface area contributed by atoms with Crippen LogP contribution in [0.1, 0.15) is 5.56 Å². The van der Waals surface area contributed by atoms with Crippen molar-refractivity contribution in [2.75, 3.05) is 0 Å². The number of nitro benzene ring substituents is 1. The van der Waals surface area contributed by atoms with E-state index in [0.717, 1.165) is 6.26 Å². The van der Waals surface area contributed by atoms with E-state index in [9.17, 15) is 27.7 Å². The van der Waals surface area contributed by atoms with Gasteiger partial charge in [0.25, 0.3) is 0 Å². The number of nitrogens with zero attached hydrogens (tertiary/aromatic N) is 1. The van der Waals surface area contributed by atoms with Crippen molar-refractivity contribution in [3.63, 3.8) is 0 Å². The second-order valence-electron chi connectivity index (χ2n) is 3.59. The molecular formula is C11H5F4NO3. The predicted molar refractivity (Wildman–Crippen MR) is 55.8 cm³/mol. The Kier molecular flexibility index (Phi) is 3.01. The van der Waals surface area contributed by atoms with E-state index >= 15 is 0 Å². The SMILES string of the molecule is O=[N+]([O-])c1cc(C(F)(F)F)cc(-c2ccco2)c1F. The standard InChI is InChI=1S/C11H5F4NO3/c12-10-7(9-2-1-3-19-9)4-6(11(13,14)15)5-8(10)16(17)18/h1-5H. The van der Waals surface area contributed by atoms with Crippen molar-refractivity contribution < 1.29 is 26.9 Å². The van der Waals surface area contributed by atoms with Gasteiger partial charge in [0.2, 0.25) is 5.82 Å². The molecule has 0 radical (unpaired) electrons. The number of furan rings is 1. The van der Waals surface area contributed by atoms with Crippen molar-refractivity contribution in [2.24, 2.45) is 0 Å². The molecule has 0 bridgehead atoms. The van der Waals surface area contributed by atoms with Gasteiger partial charge in [-0.05, 0) is 18.2 Å². The molecule has 0 aliphatic carbocycles. The van der Waals surface area contributed by atoms with Gasteiger partial charge in [0.15, 0.2) is 0 Å². The van der Waals surface area contributed by atoms with Crippen molar-refractivity contribution >= 4 is 5.69 Å². The Morgan fingerprint density at radius 1 is 1.26 bits per heavy atom. The van der Waals surface area contributed by atoms with Crippen LogP contribution in [0.5, 0.6) is 0 Å². The molecule has 0 N–H and O–H groups in total. The number of hydrogen-bond donors (Lipinski definition) is 0.